The summed E-state index contributed by atoms with van der Waals surface area (Å²) < 4.78 is 0.797. The summed E-state index contributed by atoms with van der Waals surface area (Å²) in [5.74, 6) is 0.761. The topological polar surface area (TPSA) is 41.1 Å². The molecule has 0 aliphatic carbocycles. The van der Waals surface area contributed by atoms with E-state index in [0.29, 0.717) is 17.4 Å². The maximum absolute atomic E-state index is 11.9. The number of piperidine rings is 1. The number of carbonyl (C=O) groups is 1. The molecule has 0 saturated carbocycles. The van der Waals surface area contributed by atoms with E-state index in [4.69, 9.17) is 11.6 Å². The van der Waals surface area contributed by atoms with E-state index in [1.165, 1.54) is 12.8 Å². The van der Waals surface area contributed by atoms with Crippen molar-refractivity contribution in [2.75, 3.05) is 18.4 Å². The van der Waals surface area contributed by atoms with Crippen molar-refractivity contribution in [2.24, 2.45) is 5.92 Å². The van der Waals surface area contributed by atoms with Crippen LogP contribution in [0.3, 0.4) is 0 Å². The third-order valence-electron chi connectivity index (χ3n) is 3.44. The van der Waals surface area contributed by atoms with Crippen LogP contribution in [-0.2, 0) is 4.79 Å². The van der Waals surface area contributed by atoms with E-state index in [1.807, 2.05) is 12.1 Å². The first-order valence-corrected chi connectivity index (χ1v) is 7.78. The first kappa shape index (κ1) is 14.8. The Morgan fingerprint density at radius 3 is 2.84 bits per heavy atom. The van der Waals surface area contributed by atoms with Gasteiger partial charge in [0.1, 0.15) is 0 Å². The number of halogens is 2. The molecule has 0 bridgehead atoms. The van der Waals surface area contributed by atoms with Crippen molar-refractivity contribution in [2.45, 2.75) is 25.7 Å². The van der Waals surface area contributed by atoms with Gasteiger partial charge in [0, 0.05) is 16.6 Å². The standard InChI is InChI=1S/C14H18BrClN2O/c15-12-9-11(2-3-13(12)16)18-14(19)4-1-10-5-7-17-8-6-10/h2-3,9-10,17H,1,4-8H2,(H,18,19). The average molecular weight is 346 g/mol. The van der Waals surface area contributed by atoms with Crippen LogP contribution in [0.2, 0.25) is 5.02 Å². The molecule has 104 valence electrons. The molecule has 1 amide bonds. The van der Waals surface area contributed by atoms with Gasteiger partial charge in [-0.3, -0.25) is 4.79 Å². The van der Waals surface area contributed by atoms with E-state index in [9.17, 15) is 4.79 Å². The van der Waals surface area contributed by atoms with Crippen LogP contribution in [0.15, 0.2) is 22.7 Å². The van der Waals surface area contributed by atoms with Gasteiger partial charge in [-0.25, -0.2) is 0 Å². The van der Waals surface area contributed by atoms with Gasteiger partial charge in [-0.15, -0.1) is 0 Å². The number of hydrogen-bond acceptors (Lipinski definition) is 2. The van der Waals surface area contributed by atoms with Crippen LogP contribution in [0.5, 0.6) is 0 Å². The van der Waals surface area contributed by atoms with Gasteiger partial charge in [-0.1, -0.05) is 11.6 Å². The second-order valence-electron chi connectivity index (χ2n) is 4.91. The van der Waals surface area contributed by atoms with Crippen molar-refractivity contribution in [1.29, 1.82) is 0 Å². The van der Waals surface area contributed by atoms with Crippen LogP contribution in [0.25, 0.3) is 0 Å². The molecule has 1 aliphatic heterocycles. The molecule has 0 atom stereocenters. The maximum Gasteiger partial charge on any atom is 0.224 e. The predicted octanol–water partition coefficient (Wildman–Crippen LogP) is 3.82. The second-order valence-corrected chi connectivity index (χ2v) is 6.17. The minimum absolute atomic E-state index is 0.0766. The van der Waals surface area contributed by atoms with Gasteiger partial charge in [-0.05, 0) is 72.4 Å². The summed E-state index contributed by atoms with van der Waals surface area (Å²) in [7, 11) is 0. The van der Waals surface area contributed by atoms with Gasteiger partial charge in [0.2, 0.25) is 5.91 Å². The summed E-state index contributed by atoms with van der Waals surface area (Å²) in [6.07, 6.45) is 3.92. The Hall–Kier alpha value is -0.580. The van der Waals surface area contributed by atoms with E-state index in [1.54, 1.807) is 6.07 Å². The number of amides is 1. The smallest absolute Gasteiger partial charge is 0.224 e. The highest BCUT2D eigenvalue weighted by molar-refractivity contribution is 9.10. The first-order chi connectivity index (χ1) is 9.15. The van der Waals surface area contributed by atoms with Crippen LogP contribution in [-0.4, -0.2) is 19.0 Å². The fraction of sp³-hybridized carbons (Fsp3) is 0.500. The van der Waals surface area contributed by atoms with E-state index < -0.39 is 0 Å². The molecule has 0 spiro atoms. The summed E-state index contributed by atoms with van der Waals surface area (Å²) in [6, 6.07) is 5.41. The Morgan fingerprint density at radius 2 is 2.16 bits per heavy atom. The highest BCUT2D eigenvalue weighted by Gasteiger charge is 2.14. The molecule has 1 saturated heterocycles. The minimum Gasteiger partial charge on any atom is -0.326 e. The summed E-state index contributed by atoms with van der Waals surface area (Å²) in [4.78, 5) is 11.9. The molecular formula is C14H18BrClN2O. The lowest BCUT2D eigenvalue weighted by molar-refractivity contribution is -0.116. The Balaban J connectivity index is 1.78. The minimum atomic E-state index is 0.0766. The Morgan fingerprint density at radius 1 is 1.42 bits per heavy atom. The van der Waals surface area contributed by atoms with E-state index in [0.717, 1.165) is 29.7 Å². The zero-order chi connectivity index (χ0) is 13.7. The molecule has 0 radical (unpaired) electrons. The molecular weight excluding hydrogens is 328 g/mol. The molecule has 2 rings (SSSR count). The molecule has 3 nitrogen and oxygen atoms in total. The van der Waals surface area contributed by atoms with Crippen LogP contribution >= 0.6 is 27.5 Å². The molecule has 2 N–H and O–H groups in total. The van der Waals surface area contributed by atoms with Crippen LogP contribution in [0.1, 0.15) is 25.7 Å². The highest BCUT2D eigenvalue weighted by atomic mass is 79.9. The zero-order valence-corrected chi connectivity index (χ0v) is 13.1. The van der Waals surface area contributed by atoms with Gasteiger partial charge in [0.25, 0.3) is 0 Å². The predicted molar refractivity (Wildman–Crippen MR) is 82.6 cm³/mol. The van der Waals surface area contributed by atoms with Crippen molar-refractivity contribution in [3.05, 3.63) is 27.7 Å². The van der Waals surface area contributed by atoms with Crippen LogP contribution < -0.4 is 10.6 Å². The third-order valence-corrected chi connectivity index (χ3v) is 4.66. The molecule has 0 unspecified atom stereocenters. The lowest BCUT2D eigenvalue weighted by Gasteiger charge is -2.22. The lowest BCUT2D eigenvalue weighted by atomic mass is 9.93. The monoisotopic (exact) mass is 344 g/mol. The molecule has 1 aromatic rings. The van der Waals surface area contributed by atoms with Crippen LogP contribution in [0, 0.1) is 5.92 Å². The first-order valence-electron chi connectivity index (χ1n) is 6.61. The number of carbonyl (C=O) groups excluding carboxylic acids is 1. The Bertz CT molecular complexity index is 447. The number of rotatable bonds is 4. The molecule has 5 heteroatoms. The van der Waals surface area contributed by atoms with Gasteiger partial charge >= 0.3 is 0 Å². The van der Waals surface area contributed by atoms with E-state index >= 15 is 0 Å². The summed E-state index contributed by atoms with van der Waals surface area (Å²) in [6.45, 7) is 2.16. The van der Waals surface area contributed by atoms with E-state index in [-0.39, 0.29) is 5.91 Å². The van der Waals surface area contributed by atoms with Crippen molar-refractivity contribution >= 4 is 39.1 Å². The summed E-state index contributed by atoms with van der Waals surface area (Å²) in [5, 5.41) is 6.89. The zero-order valence-electron chi connectivity index (χ0n) is 10.7. The van der Waals surface area contributed by atoms with Crippen molar-refractivity contribution in [3.8, 4) is 0 Å². The molecule has 1 aromatic carbocycles. The van der Waals surface area contributed by atoms with Crippen molar-refractivity contribution < 1.29 is 4.79 Å². The average Bonchev–Trinajstić information content (AvgIpc) is 2.42. The van der Waals surface area contributed by atoms with Gasteiger partial charge in [0.15, 0.2) is 0 Å². The van der Waals surface area contributed by atoms with Gasteiger partial charge in [0.05, 0.1) is 5.02 Å². The molecule has 0 aromatic heterocycles. The SMILES string of the molecule is O=C(CCC1CCNCC1)Nc1ccc(Cl)c(Br)c1. The van der Waals surface area contributed by atoms with Crippen molar-refractivity contribution in [1.82, 2.24) is 5.32 Å². The quantitative estimate of drug-likeness (QED) is 0.871. The van der Waals surface area contributed by atoms with E-state index in [2.05, 4.69) is 26.6 Å². The largest absolute Gasteiger partial charge is 0.326 e. The number of benzene rings is 1. The molecule has 1 heterocycles. The summed E-state index contributed by atoms with van der Waals surface area (Å²) in [5.41, 5.74) is 0.784. The maximum atomic E-state index is 11.9. The lowest BCUT2D eigenvalue weighted by Crippen LogP contribution is -2.28. The highest BCUT2D eigenvalue weighted by Crippen LogP contribution is 2.26. The summed E-state index contributed by atoms with van der Waals surface area (Å²) >= 11 is 9.26. The second kappa shape index (κ2) is 7.27. The molecule has 1 fully saturated rings. The fourth-order valence-electron chi connectivity index (χ4n) is 2.30. The number of nitrogens with one attached hydrogen (secondary N) is 2. The normalized spacial score (nSPS) is 16.3. The third kappa shape index (κ3) is 4.79. The number of hydrogen-bond donors (Lipinski definition) is 2. The van der Waals surface area contributed by atoms with Crippen molar-refractivity contribution in [3.63, 3.8) is 0 Å². The Kier molecular flexibility index (Phi) is 5.67. The number of anilines is 1. The Labute approximate surface area is 127 Å². The van der Waals surface area contributed by atoms with Gasteiger partial charge in [-0.2, -0.15) is 0 Å². The fourth-order valence-corrected chi connectivity index (χ4v) is 2.80. The van der Waals surface area contributed by atoms with Crippen LogP contribution in [0.4, 0.5) is 5.69 Å². The van der Waals surface area contributed by atoms with Gasteiger partial charge < -0.3 is 10.6 Å². The molecule has 1 aliphatic rings. The molecule has 19 heavy (non-hydrogen) atoms.